The molecule has 0 atom stereocenters. The summed E-state index contributed by atoms with van der Waals surface area (Å²) in [6, 6.07) is 14.2. The molecule has 0 spiro atoms. The molecule has 202 valence electrons. The van der Waals surface area contributed by atoms with Crippen LogP contribution in [0.25, 0.3) is 5.69 Å². The lowest BCUT2D eigenvalue weighted by Crippen LogP contribution is -2.47. The Morgan fingerprint density at radius 1 is 0.919 bits per heavy atom. The van der Waals surface area contributed by atoms with Crippen molar-refractivity contribution in [3.05, 3.63) is 75.8 Å². The lowest BCUT2D eigenvalue weighted by atomic mass is 10.1. The minimum atomic E-state index is -0.126. The Morgan fingerprint density at radius 2 is 1.59 bits per heavy atom. The second-order valence-electron chi connectivity index (χ2n) is 9.39. The molecule has 1 amide bonds. The molecule has 1 aliphatic rings. The molecule has 6 nitrogen and oxygen atoms in total. The number of hydrogen-bond acceptors (Lipinski definition) is 4. The number of unbranched alkanes of at least 4 members (excludes halogenated alkanes) is 1. The van der Waals surface area contributed by atoms with Gasteiger partial charge in [-0.1, -0.05) is 35.9 Å². The van der Waals surface area contributed by atoms with Crippen LogP contribution < -0.4 is 10.2 Å². The molecule has 0 saturated carbocycles. The van der Waals surface area contributed by atoms with Crippen LogP contribution in [-0.4, -0.2) is 59.6 Å². The van der Waals surface area contributed by atoms with Gasteiger partial charge in [-0.25, -0.2) is 4.98 Å². The van der Waals surface area contributed by atoms with Gasteiger partial charge in [-0.3, -0.25) is 14.3 Å². The van der Waals surface area contributed by atoms with E-state index in [9.17, 15) is 4.79 Å². The van der Waals surface area contributed by atoms with Crippen LogP contribution in [0.5, 0.6) is 0 Å². The lowest BCUT2D eigenvalue weighted by Gasteiger charge is -2.37. The van der Waals surface area contributed by atoms with Gasteiger partial charge in [-0.05, 0) is 76.4 Å². The molecule has 3 aromatic rings. The third-order valence-corrected chi connectivity index (χ3v) is 7.38. The molecule has 0 bridgehead atoms. The molecule has 1 N–H and O–H groups in total. The second kappa shape index (κ2) is 14.1. The van der Waals surface area contributed by atoms with Gasteiger partial charge in [-0.2, -0.15) is 0 Å². The summed E-state index contributed by atoms with van der Waals surface area (Å²) in [5, 5.41) is 3.69. The van der Waals surface area contributed by atoms with Crippen molar-refractivity contribution in [1.29, 1.82) is 0 Å². The number of aromatic nitrogens is 2. The molecule has 0 aliphatic carbocycles. The molecule has 37 heavy (non-hydrogen) atoms. The van der Waals surface area contributed by atoms with E-state index < -0.39 is 0 Å². The van der Waals surface area contributed by atoms with Crippen LogP contribution in [0.15, 0.2) is 42.5 Å². The van der Waals surface area contributed by atoms with Gasteiger partial charge in [-0.15, -0.1) is 24.8 Å². The number of amides is 1. The van der Waals surface area contributed by atoms with Gasteiger partial charge in [0.25, 0.3) is 5.91 Å². The van der Waals surface area contributed by atoms with Crippen molar-refractivity contribution < 1.29 is 4.79 Å². The van der Waals surface area contributed by atoms with Crippen molar-refractivity contribution in [2.75, 3.05) is 44.2 Å². The van der Waals surface area contributed by atoms with Crippen molar-refractivity contribution in [1.82, 2.24) is 19.8 Å². The SMILES string of the molecule is Cc1cccc(N2CCN(CCCCNC(=O)c3nc(C)n(-c4ccccc4Cl)c3C)CC2)c1C.Cl.Cl. The Kier molecular flexibility index (Phi) is 11.8. The highest BCUT2D eigenvalue weighted by atomic mass is 35.5. The number of anilines is 1. The highest BCUT2D eigenvalue weighted by Crippen LogP contribution is 2.25. The summed E-state index contributed by atoms with van der Waals surface area (Å²) in [6.07, 6.45) is 2.02. The Bertz CT molecular complexity index is 1190. The zero-order valence-corrected chi connectivity index (χ0v) is 24.5. The fraction of sp³-hybridized carbons (Fsp3) is 0.429. The minimum Gasteiger partial charge on any atom is -0.369 e. The first-order valence-electron chi connectivity index (χ1n) is 12.5. The zero-order valence-electron chi connectivity index (χ0n) is 22.1. The first-order valence-corrected chi connectivity index (χ1v) is 12.9. The first-order chi connectivity index (χ1) is 16.9. The summed E-state index contributed by atoms with van der Waals surface area (Å²) in [5.41, 5.74) is 6.22. The number of carbonyl (C=O) groups is 1. The highest BCUT2D eigenvalue weighted by Gasteiger charge is 2.20. The summed E-state index contributed by atoms with van der Waals surface area (Å²) in [4.78, 5) is 22.4. The molecule has 9 heteroatoms. The number of imidazole rings is 1. The largest absolute Gasteiger partial charge is 0.369 e. The minimum absolute atomic E-state index is 0. The standard InChI is InChI=1S/C28H36ClN5O.2ClH/c1-20-10-9-13-25(21(20)2)33-18-16-32(17-19-33)15-8-7-14-30-28(35)27-22(3)34(23(4)31-27)26-12-6-5-11-24(26)29;;/h5-6,9-13H,7-8,14-19H2,1-4H3,(H,30,35);2*1H. The van der Waals surface area contributed by atoms with Crippen LogP contribution in [0.1, 0.15) is 46.0 Å². The molecule has 1 saturated heterocycles. The van der Waals surface area contributed by atoms with Crippen molar-refractivity contribution in [3.8, 4) is 5.69 Å². The average molecular weight is 567 g/mol. The molecule has 2 aromatic carbocycles. The number of piperazine rings is 1. The number of benzene rings is 2. The molecule has 0 unspecified atom stereocenters. The lowest BCUT2D eigenvalue weighted by molar-refractivity contribution is 0.0947. The van der Waals surface area contributed by atoms with Crippen molar-refractivity contribution in [2.45, 2.75) is 40.5 Å². The summed E-state index contributed by atoms with van der Waals surface area (Å²) in [5.74, 6) is 0.624. The topological polar surface area (TPSA) is 53.4 Å². The highest BCUT2D eigenvalue weighted by molar-refractivity contribution is 6.32. The molecule has 1 aromatic heterocycles. The van der Waals surface area contributed by atoms with E-state index in [4.69, 9.17) is 11.6 Å². The average Bonchev–Trinajstić information content (AvgIpc) is 3.15. The smallest absolute Gasteiger partial charge is 0.271 e. The summed E-state index contributed by atoms with van der Waals surface area (Å²) < 4.78 is 1.94. The van der Waals surface area contributed by atoms with Crippen LogP contribution in [0.3, 0.4) is 0 Å². The second-order valence-corrected chi connectivity index (χ2v) is 9.80. The fourth-order valence-corrected chi connectivity index (χ4v) is 5.10. The van der Waals surface area contributed by atoms with Crippen LogP contribution in [0.2, 0.25) is 5.02 Å². The van der Waals surface area contributed by atoms with Gasteiger partial charge in [0.1, 0.15) is 11.5 Å². The molecule has 1 aliphatic heterocycles. The van der Waals surface area contributed by atoms with Crippen LogP contribution in [0.4, 0.5) is 5.69 Å². The van der Waals surface area contributed by atoms with E-state index >= 15 is 0 Å². The van der Waals surface area contributed by atoms with Gasteiger partial charge in [0.2, 0.25) is 0 Å². The van der Waals surface area contributed by atoms with Crippen molar-refractivity contribution >= 4 is 48.0 Å². The maximum absolute atomic E-state index is 12.8. The number of nitrogens with one attached hydrogen (secondary N) is 1. The van der Waals surface area contributed by atoms with Crippen LogP contribution in [-0.2, 0) is 0 Å². The Hall–Kier alpha value is -2.25. The van der Waals surface area contributed by atoms with E-state index in [1.807, 2.05) is 42.7 Å². The number of para-hydroxylation sites is 1. The van der Waals surface area contributed by atoms with Gasteiger partial charge >= 0.3 is 0 Å². The monoisotopic (exact) mass is 565 g/mol. The predicted molar refractivity (Wildman–Crippen MR) is 159 cm³/mol. The van der Waals surface area contributed by atoms with E-state index in [1.54, 1.807) is 0 Å². The summed E-state index contributed by atoms with van der Waals surface area (Å²) >= 11 is 6.37. The molecular formula is C28H38Cl3N5O. The predicted octanol–water partition coefficient (Wildman–Crippen LogP) is 5.94. The Labute approximate surface area is 238 Å². The van der Waals surface area contributed by atoms with E-state index in [2.05, 4.69) is 52.1 Å². The molecule has 2 heterocycles. The third kappa shape index (κ3) is 7.20. The van der Waals surface area contributed by atoms with E-state index in [-0.39, 0.29) is 30.7 Å². The maximum Gasteiger partial charge on any atom is 0.271 e. The van der Waals surface area contributed by atoms with E-state index in [0.29, 0.717) is 17.3 Å². The summed E-state index contributed by atoms with van der Waals surface area (Å²) in [6.45, 7) is 14.2. The number of halogens is 3. The number of nitrogens with zero attached hydrogens (tertiary/aromatic N) is 4. The zero-order chi connectivity index (χ0) is 24.9. The van der Waals surface area contributed by atoms with Crippen LogP contribution >= 0.6 is 36.4 Å². The van der Waals surface area contributed by atoms with Gasteiger partial charge in [0.05, 0.1) is 16.4 Å². The first kappa shape index (κ1) is 31.0. The number of aryl methyl sites for hydroxylation is 2. The Morgan fingerprint density at radius 3 is 2.30 bits per heavy atom. The molecular weight excluding hydrogens is 529 g/mol. The van der Waals surface area contributed by atoms with Gasteiger partial charge in [0, 0.05) is 38.4 Å². The maximum atomic E-state index is 12.8. The third-order valence-electron chi connectivity index (χ3n) is 7.06. The number of rotatable bonds is 8. The number of carbonyl (C=O) groups excluding carboxylic acids is 1. The van der Waals surface area contributed by atoms with Crippen molar-refractivity contribution in [2.24, 2.45) is 0 Å². The number of hydrogen-bond donors (Lipinski definition) is 1. The molecule has 0 radical (unpaired) electrons. The van der Waals surface area contributed by atoms with Crippen LogP contribution in [0, 0.1) is 27.7 Å². The fourth-order valence-electron chi connectivity index (χ4n) is 4.88. The summed E-state index contributed by atoms with van der Waals surface area (Å²) in [7, 11) is 0. The normalized spacial score (nSPS) is 13.6. The quantitative estimate of drug-likeness (QED) is 0.343. The molecule has 1 fully saturated rings. The van der Waals surface area contributed by atoms with Gasteiger partial charge < -0.3 is 10.2 Å². The Balaban J connectivity index is 0.00000241. The van der Waals surface area contributed by atoms with Crippen molar-refractivity contribution in [3.63, 3.8) is 0 Å². The van der Waals surface area contributed by atoms with E-state index in [0.717, 1.165) is 62.8 Å². The molecule has 4 rings (SSSR count). The van der Waals surface area contributed by atoms with E-state index in [1.165, 1.54) is 16.8 Å². The van der Waals surface area contributed by atoms with Gasteiger partial charge in [0.15, 0.2) is 0 Å².